The molecule has 4 aromatic rings. The van der Waals surface area contributed by atoms with Crippen molar-refractivity contribution in [2.45, 2.75) is 30.9 Å². The standard InChI is InChI=1S/C27H22ClNOS/c28-22-12-9-20-10-14-23(29-25(20)17-22)13-8-18-4-3-6-21(16-18)26-15-11-19-5-1-2-7-24(19)27(30)31-26/h1-7,9-10,12,14,16-17,26H,8,11,13,15H2/t26-/m1/s1. The average Bonchev–Trinajstić information content (AvgIpc) is 2.97. The van der Waals surface area contributed by atoms with Gasteiger partial charge in [-0.1, -0.05) is 84.0 Å². The molecule has 154 valence electrons. The lowest BCUT2D eigenvalue weighted by Gasteiger charge is -2.14. The summed E-state index contributed by atoms with van der Waals surface area (Å²) in [6.45, 7) is 0. The number of aromatic nitrogens is 1. The Kier molecular flexibility index (Phi) is 5.80. The average molecular weight is 444 g/mol. The van der Waals surface area contributed by atoms with Crippen LogP contribution in [0.1, 0.15) is 44.4 Å². The summed E-state index contributed by atoms with van der Waals surface area (Å²) in [5, 5.41) is 2.19. The molecule has 0 fully saturated rings. The number of aryl methyl sites for hydroxylation is 3. The van der Waals surface area contributed by atoms with Gasteiger partial charge < -0.3 is 0 Å². The molecular formula is C27H22ClNOS. The van der Waals surface area contributed by atoms with Crippen LogP contribution >= 0.6 is 23.4 Å². The van der Waals surface area contributed by atoms with E-state index >= 15 is 0 Å². The van der Waals surface area contributed by atoms with Gasteiger partial charge >= 0.3 is 0 Å². The van der Waals surface area contributed by atoms with Crippen molar-refractivity contribution in [3.63, 3.8) is 0 Å². The first kappa shape index (κ1) is 20.3. The summed E-state index contributed by atoms with van der Waals surface area (Å²) in [5.74, 6) is 0. The number of nitrogens with zero attached hydrogens (tertiary/aromatic N) is 1. The molecule has 0 spiro atoms. The zero-order valence-electron chi connectivity index (χ0n) is 17.1. The molecule has 0 saturated heterocycles. The van der Waals surface area contributed by atoms with Crippen molar-refractivity contribution in [3.8, 4) is 0 Å². The van der Waals surface area contributed by atoms with E-state index in [9.17, 15) is 4.79 Å². The van der Waals surface area contributed by atoms with Crippen LogP contribution in [0, 0.1) is 0 Å². The van der Waals surface area contributed by atoms with Gasteiger partial charge in [-0.15, -0.1) is 0 Å². The SMILES string of the molecule is O=C1S[C@@H](c2cccc(CCc3ccc4ccc(Cl)cc4n3)c2)CCc2ccccc21. The molecule has 0 N–H and O–H groups in total. The molecule has 0 saturated carbocycles. The zero-order chi connectivity index (χ0) is 21.2. The number of hydrogen-bond donors (Lipinski definition) is 0. The van der Waals surface area contributed by atoms with Gasteiger partial charge in [0.05, 0.1) is 5.52 Å². The first-order valence-electron chi connectivity index (χ1n) is 10.6. The Balaban J connectivity index is 1.31. The van der Waals surface area contributed by atoms with Crippen LogP contribution < -0.4 is 0 Å². The summed E-state index contributed by atoms with van der Waals surface area (Å²) >= 11 is 7.59. The lowest BCUT2D eigenvalue weighted by Crippen LogP contribution is -2.00. The smallest absolute Gasteiger partial charge is 0.220 e. The topological polar surface area (TPSA) is 30.0 Å². The summed E-state index contributed by atoms with van der Waals surface area (Å²) < 4.78 is 0. The van der Waals surface area contributed by atoms with E-state index in [-0.39, 0.29) is 10.4 Å². The summed E-state index contributed by atoms with van der Waals surface area (Å²) in [7, 11) is 0. The Hall–Kier alpha value is -2.62. The van der Waals surface area contributed by atoms with Crippen LogP contribution in [-0.4, -0.2) is 10.1 Å². The van der Waals surface area contributed by atoms with E-state index in [2.05, 4.69) is 42.5 Å². The fraction of sp³-hybridized carbons (Fsp3) is 0.185. The highest BCUT2D eigenvalue weighted by Crippen LogP contribution is 2.39. The second kappa shape index (κ2) is 8.86. The molecular weight excluding hydrogens is 422 g/mol. The monoisotopic (exact) mass is 443 g/mol. The molecule has 0 aliphatic carbocycles. The molecule has 31 heavy (non-hydrogen) atoms. The Labute approximate surface area is 191 Å². The molecule has 1 aliphatic rings. The van der Waals surface area contributed by atoms with E-state index in [1.165, 1.54) is 28.5 Å². The number of benzene rings is 3. The highest BCUT2D eigenvalue weighted by molar-refractivity contribution is 8.14. The number of rotatable bonds is 4. The second-order valence-electron chi connectivity index (χ2n) is 7.97. The van der Waals surface area contributed by atoms with Crippen LogP contribution in [0.3, 0.4) is 0 Å². The largest absolute Gasteiger partial charge is 0.282 e. The predicted octanol–water partition coefficient (Wildman–Crippen LogP) is 7.23. The molecule has 1 aliphatic heterocycles. The minimum atomic E-state index is 0.183. The van der Waals surface area contributed by atoms with Crippen LogP contribution in [0.2, 0.25) is 5.02 Å². The van der Waals surface area contributed by atoms with E-state index in [0.717, 1.165) is 47.8 Å². The van der Waals surface area contributed by atoms with Gasteiger partial charge in [-0.3, -0.25) is 9.78 Å². The van der Waals surface area contributed by atoms with Gasteiger partial charge in [0.15, 0.2) is 0 Å². The zero-order valence-corrected chi connectivity index (χ0v) is 18.6. The molecule has 0 unspecified atom stereocenters. The predicted molar refractivity (Wildman–Crippen MR) is 130 cm³/mol. The van der Waals surface area contributed by atoms with E-state index in [4.69, 9.17) is 16.6 Å². The van der Waals surface area contributed by atoms with Gasteiger partial charge in [-0.25, -0.2) is 0 Å². The Morgan fingerprint density at radius 3 is 2.74 bits per heavy atom. The molecule has 0 bridgehead atoms. The molecule has 2 heterocycles. The quantitative estimate of drug-likeness (QED) is 0.333. The number of fused-ring (bicyclic) bond motifs is 2. The number of halogens is 1. The number of pyridine rings is 1. The van der Waals surface area contributed by atoms with E-state index in [0.29, 0.717) is 5.02 Å². The molecule has 1 aromatic heterocycles. The molecule has 4 heteroatoms. The maximum absolute atomic E-state index is 12.8. The molecule has 5 rings (SSSR count). The van der Waals surface area contributed by atoms with Crippen molar-refractivity contribution < 1.29 is 4.79 Å². The second-order valence-corrected chi connectivity index (χ2v) is 9.59. The Morgan fingerprint density at radius 1 is 0.935 bits per heavy atom. The van der Waals surface area contributed by atoms with Gasteiger partial charge in [0, 0.05) is 26.9 Å². The fourth-order valence-corrected chi connectivity index (χ4v) is 5.47. The van der Waals surface area contributed by atoms with Crippen LogP contribution in [0.25, 0.3) is 10.9 Å². The van der Waals surface area contributed by atoms with Crippen molar-refractivity contribution in [1.29, 1.82) is 0 Å². The minimum Gasteiger partial charge on any atom is -0.282 e. The van der Waals surface area contributed by atoms with Crippen molar-refractivity contribution in [3.05, 3.63) is 112 Å². The summed E-state index contributed by atoms with van der Waals surface area (Å²) in [4.78, 5) is 17.5. The lowest BCUT2D eigenvalue weighted by atomic mass is 9.98. The van der Waals surface area contributed by atoms with Crippen molar-refractivity contribution >= 4 is 39.4 Å². The van der Waals surface area contributed by atoms with Crippen LogP contribution in [-0.2, 0) is 19.3 Å². The van der Waals surface area contributed by atoms with Gasteiger partial charge in [0.25, 0.3) is 0 Å². The normalized spacial score (nSPS) is 16.2. The van der Waals surface area contributed by atoms with Crippen LogP contribution in [0.4, 0.5) is 0 Å². The van der Waals surface area contributed by atoms with E-state index in [1.807, 2.05) is 36.4 Å². The van der Waals surface area contributed by atoms with E-state index in [1.54, 1.807) is 0 Å². The Bertz CT molecular complexity index is 1270. The maximum Gasteiger partial charge on any atom is 0.220 e. The third-order valence-corrected chi connectivity index (χ3v) is 7.33. The lowest BCUT2D eigenvalue weighted by molar-refractivity contribution is 0.108. The third kappa shape index (κ3) is 4.53. The molecule has 0 radical (unpaired) electrons. The van der Waals surface area contributed by atoms with Gasteiger partial charge in [-0.2, -0.15) is 0 Å². The highest BCUT2D eigenvalue weighted by atomic mass is 35.5. The van der Waals surface area contributed by atoms with Crippen LogP contribution in [0.5, 0.6) is 0 Å². The van der Waals surface area contributed by atoms with Crippen molar-refractivity contribution in [2.75, 3.05) is 0 Å². The van der Waals surface area contributed by atoms with Crippen molar-refractivity contribution in [1.82, 2.24) is 4.98 Å². The highest BCUT2D eigenvalue weighted by Gasteiger charge is 2.24. The van der Waals surface area contributed by atoms with E-state index < -0.39 is 0 Å². The minimum absolute atomic E-state index is 0.183. The summed E-state index contributed by atoms with van der Waals surface area (Å²) in [6, 6.07) is 26.7. The molecule has 1 atom stereocenters. The number of hydrogen-bond acceptors (Lipinski definition) is 3. The molecule has 0 amide bonds. The van der Waals surface area contributed by atoms with Crippen LogP contribution in [0.15, 0.2) is 78.9 Å². The number of carbonyl (C=O) groups is 1. The number of carbonyl (C=O) groups excluding carboxylic acids is 1. The third-order valence-electron chi connectivity index (χ3n) is 5.87. The fourth-order valence-electron chi connectivity index (χ4n) is 4.20. The summed E-state index contributed by atoms with van der Waals surface area (Å²) in [6.07, 6.45) is 3.70. The summed E-state index contributed by atoms with van der Waals surface area (Å²) in [5.41, 5.74) is 6.55. The van der Waals surface area contributed by atoms with Gasteiger partial charge in [0.1, 0.15) is 0 Å². The Morgan fingerprint density at radius 2 is 1.81 bits per heavy atom. The maximum atomic E-state index is 12.8. The first-order valence-corrected chi connectivity index (χ1v) is 11.8. The van der Waals surface area contributed by atoms with Crippen molar-refractivity contribution in [2.24, 2.45) is 0 Å². The molecule has 3 aromatic carbocycles. The number of thioether (sulfide) groups is 1. The molecule has 2 nitrogen and oxygen atoms in total. The first-order chi connectivity index (χ1) is 15.2. The van der Waals surface area contributed by atoms with Gasteiger partial charge in [-0.05, 0) is 60.6 Å². The van der Waals surface area contributed by atoms with Gasteiger partial charge in [0.2, 0.25) is 5.12 Å².